The highest BCUT2D eigenvalue weighted by Crippen LogP contribution is 2.13. The van der Waals surface area contributed by atoms with E-state index in [0.29, 0.717) is 11.7 Å². The van der Waals surface area contributed by atoms with Gasteiger partial charge in [-0.05, 0) is 31.4 Å². The van der Waals surface area contributed by atoms with Gasteiger partial charge in [-0.1, -0.05) is 24.6 Å². The third-order valence-corrected chi connectivity index (χ3v) is 4.51. The fourth-order valence-corrected chi connectivity index (χ4v) is 2.85. The summed E-state index contributed by atoms with van der Waals surface area (Å²) in [5.41, 5.74) is 1.14. The molecule has 0 saturated carbocycles. The summed E-state index contributed by atoms with van der Waals surface area (Å²) in [4.78, 5) is 14.4. The largest absolute Gasteiger partial charge is 0.357 e. The van der Waals surface area contributed by atoms with Crippen LogP contribution in [0.25, 0.3) is 0 Å². The first kappa shape index (κ1) is 17.7. The molecule has 2 aromatic heterocycles. The maximum Gasteiger partial charge on any atom is 0.191 e. The van der Waals surface area contributed by atoms with Crippen molar-refractivity contribution in [3.05, 3.63) is 45.1 Å². The fraction of sp³-hybridized carbons (Fsp3) is 0.438. The number of nitrogens with one attached hydrogen (secondary N) is 2. The number of hydrogen-bond acceptors (Lipinski definition) is 4. The minimum Gasteiger partial charge on any atom is -0.357 e. The number of nitrogens with zero attached hydrogens (tertiary/aromatic N) is 3. The van der Waals surface area contributed by atoms with Crippen LogP contribution in [0.1, 0.15) is 29.3 Å². The highest BCUT2D eigenvalue weighted by atomic mass is 35.5. The predicted molar refractivity (Wildman–Crippen MR) is 97.3 cm³/mol. The molecular weight excluding hydrogens is 330 g/mol. The van der Waals surface area contributed by atoms with Crippen LogP contribution in [0.5, 0.6) is 0 Å². The first-order valence-corrected chi connectivity index (χ1v) is 8.97. The van der Waals surface area contributed by atoms with Crippen molar-refractivity contribution in [3.63, 3.8) is 0 Å². The van der Waals surface area contributed by atoms with Crippen LogP contribution >= 0.6 is 22.9 Å². The van der Waals surface area contributed by atoms with Gasteiger partial charge in [0.15, 0.2) is 5.96 Å². The van der Waals surface area contributed by atoms with Crippen molar-refractivity contribution in [1.82, 2.24) is 20.6 Å². The number of rotatable bonds is 7. The van der Waals surface area contributed by atoms with Crippen LogP contribution in [0.3, 0.4) is 0 Å². The lowest BCUT2D eigenvalue weighted by Crippen LogP contribution is -2.38. The van der Waals surface area contributed by atoms with E-state index < -0.39 is 0 Å². The van der Waals surface area contributed by atoms with Crippen molar-refractivity contribution in [2.75, 3.05) is 13.1 Å². The quantitative estimate of drug-likeness (QED) is 0.457. The Labute approximate surface area is 146 Å². The minimum atomic E-state index is 0.520. The van der Waals surface area contributed by atoms with Gasteiger partial charge in [0.2, 0.25) is 0 Å². The Balaban J connectivity index is 1.84. The number of aryl methyl sites for hydroxylation is 1. The van der Waals surface area contributed by atoms with Gasteiger partial charge in [-0.3, -0.25) is 0 Å². The number of aliphatic imine (C=N–C) groups is 1. The van der Waals surface area contributed by atoms with Crippen LogP contribution in [0.2, 0.25) is 5.15 Å². The lowest BCUT2D eigenvalue weighted by molar-refractivity contribution is 0.797. The van der Waals surface area contributed by atoms with Gasteiger partial charge in [0, 0.05) is 30.4 Å². The molecule has 2 aromatic rings. The molecule has 124 valence electrons. The Hall–Kier alpha value is -1.66. The van der Waals surface area contributed by atoms with Crippen LogP contribution in [-0.4, -0.2) is 29.0 Å². The molecule has 0 radical (unpaired) electrons. The molecule has 23 heavy (non-hydrogen) atoms. The molecule has 0 aliphatic rings. The molecule has 0 aromatic carbocycles. The van der Waals surface area contributed by atoms with Crippen molar-refractivity contribution >= 4 is 28.9 Å². The summed E-state index contributed by atoms with van der Waals surface area (Å²) in [7, 11) is 0. The lowest BCUT2D eigenvalue weighted by Gasteiger charge is -2.10. The molecule has 0 spiro atoms. The summed E-state index contributed by atoms with van der Waals surface area (Å²) in [6.45, 7) is 6.40. The molecular formula is C16H22ClN5S. The van der Waals surface area contributed by atoms with Gasteiger partial charge >= 0.3 is 0 Å². The van der Waals surface area contributed by atoms with Crippen LogP contribution in [0.15, 0.2) is 29.5 Å². The molecule has 0 bridgehead atoms. The molecule has 0 fully saturated rings. The number of thiazole rings is 1. The standard InChI is InChI=1S/C16H22ClN5S/c1-3-13-10-21-15(23-13)11-22-16(18-4-2)19-8-7-12-5-6-14(17)20-9-12/h5-6,9-10H,3-4,7-8,11H2,1-2H3,(H2,18,19,22). The molecule has 0 unspecified atom stereocenters. The summed E-state index contributed by atoms with van der Waals surface area (Å²) in [5, 5.41) is 8.14. The third-order valence-electron chi connectivity index (χ3n) is 3.16. The number of aromatic nitrogens is 2. The molecule has 0 amide bonds. The minimum absolute atomic E-state index is 0.520. The number of pyridine rings is 1. The number of halogens is 1. The van der Waals surface area contributed by atoms with Crippen molar-refractivity contribution in [2.24, 2.45) is 4.99 Å². The first-order valence-electron chi connectivity index (χ1n) is 7.77. The van der Waals surface area contributed by atoms with Gasteiger partial charge in [0.05, 0.1) is 6.54 Å². The van der Waals surface area contributed by atoms with Crippen molar-refractivity contribution < 1.29 is 0 Å². The average molecular weight is 352 g/mol. The van der Waals surface area contributed by atoms with Crippen LogP contribution < -0.4 is 10.6 Å². The van der Waals surface area contributed by atoms with E-state index in [1.807, 2.05) is 18.3 Å². The van der Waals surface area contributed by atoms with E-state index in [4.69, 9.17) is 11.6 Å². The van der Waals surface area contributed by atoms with E-state index >= 15 is 0 Å². The van der Waals surface area contributed by atoms with Gasteiger partial charge in [-0.25, -0.2) is 15.0 Å². The average Bonchev–Trinajstić information content (AvgIpc) is 3.02. The Morgan fingerprint density at radius 1 is 1.22 bits per heavy atom. The summed E-state index contributed by atoms with van der Waals surface area (Å²) in [6, 6.07) is 3.80. The molecule has 0 aliphatic heterocycles. The second-order valence-electron chi connectivity index (χ2n) is 4.93. The summed E-state index contributed by atoms with van der Waals surface area (Å²) in [5.74, 6) is 0.808. The predicted octanol–water partition coefficient (Wildman–Crippen LogP) is 3.05. The molecule has 2 rings (SSSR count). The molecule has 0 atom stereocenters. The first-order chi connectivity index (χ1) is 11.2. The molecule has 0 saturated heterocycles. The third kappa shape index (κ3) is 6.15. The van der Waals surface area contributed by atoms with Crippen LogP contribution in [-0.2, 0) is 19.4 Å². The van der Waals surface area contributed by atoms with E-state index in [1.54, 1.807) is 17.5 Å². The van der Waals surface area contributed by atoms with Crippen molar-refractivity contribution in [1.29, 1.82) is 0 Å². The van der Waals surface area contributed by atoms with E-state index in [2.05, 4.69) is 39.4 Å². The number of hydrogen-bond donors (Lipinski definition) is 2. The summed E-state index contributed by atoms with van der Waals surface area (Å²) >= 11 is 7.51. The Morgan fingerprint density at radius 2 is 2.09 bits per heavy atom. The molecule has 7 heteroatoms. The van der Waals surface area contributed by atoms with Gasteiger partial charge in [0.25, 0.3) is 0 Å². The van der Waals surface area contributed by atoms with Gasteiger partial charge in [0.1, 0.15) is 10.2 Å². The Bertz CT molecular complexity index is 624. The zero-order valence-electron chi connectivity index (χ0n) is 13.5. The summed E-state index contributed by atoms with van der Waals surface area (Å²) < 4.78 is 0. The molecule has 2 N–H and O–H groups in total. The maximum atomic E-state index is 5.79. The van der Waals surface area contributed by atoms with E-state index in [9.17, 15) is 0 Å². The SMILES string of the molecule is CCNC(=NCc1ncc(CC)s1)NCCc1ccc(Cl)nc1. The van der Waals surface area contributed by atoms with Gasteiger partial charge < -0.3 is 10.6 Å². The molecule has 0 aliphatic carbocycles. The highest BCUT2D eigenvalue weighted by Gasteiger charge is 2.02. The highest BCUT2D eigenvalue weighted by molar-refractivity contribution is 7.11. The molecule has 2 heterocycles. The number of guanidine groups is 1. The second kappa shape index (κ2) is 9.47. The van der Waals surface area contributed by atoms with Gasteiger partial charge in [-0.2, -0.15) is 0 Å². The van der Waals surface area contributed by atoms with Crippen molar-refractivity contribution in [2.45, 2.75) is 33.2 Å². The summed E-state index contributed by atoms with van der Waals surface area (Å²) in [6.07, 6.45) is 5.62. The van der Waals surface area contributed by atoms with Crippen LogP contribution in [0.4, 0.5) is 0 Å². The van der Waals surface area contributed by atoms with E-state index in [-0.39, 0.29) is 0 Å². The van der Waals surface area contributed by atoms with E-state index in [0.717, 1.165) is 42.5 Å². The zero-order valence-corrected chi connectivity index (χ0v) is 15.0. The second-order valence-corrected chi connectivity index (χ2v) is 6.52. The van der Waals surface area contributed by atoms with Crippen LogP contribution in [0, 0.1) is 0 Å². The Kier molecular flexibility index (Phi) is 7.29. The lowest BCUT2D eigenvalue weighted by atomic mass is 10.2. The smallest absolute Gasteiger partial charge is 0.191 e. The maximum absolute atomic E-state index is 5.79. The van der Waals surface area contributed by atoms with Gasteiger partial charge in [-0.15, -0.1) is 11.3 Å². The Morgan fingerprint density at radius 3 is 2.74 bits per heavy atom. The normalized spacial score (nSPS) is 11.5. The topological polar surface area (TPSA) is 62.2 Å². The zero-order chi connectivity index (χ0) is 16.5. The van der Waals surface area contributed by atoms with E-state index in [1.165, 1.54) is 4.88 Å². The van der Waals surface area contributed by atoms with Crippen molar-refractivity contribution in [3.8, 4) is 0 Å². The monoisotopic (exact) mass is 351 g/mol. The molecule has 5 nitrogen and oxygen atoms in total. The fourth-order valence-electron chi connectivity index (χ4n) is 1.95.